The molecule has 0 rings (SSSR count). The maximum Gasteiger partial charge on any atom is 0.503 e. The minimum Gasteiger partial charge on any atom is -0.371 e. The second-order valence-electron chi connectivity index (χ2n) is 6.70. The Morgan fingerprint density at radius 3 is 1.86 bits per heavy atom. The quantitative estimate of drug-likeness (QED) is 0.348. The van der Waals surface area contributed by atoms with Gasteiger partial charge in [-0.2, -0.15) is 4.99 Å². The number of nitrogens with zero attached hydrogens (tertiary/aromatic N) is 1. The molecule has 0 aromatic heterocycles. The molecule has 0 aliphatic rings. The number of hydrogen-bond acceptors (Lipinski definition) is 5. The monoisotopic (exact) mass is 317 g/mol. The zero-order valence-electron chi connectivity index (χ0n) is 14.7. The fourth-order valence-electron chi connectivity index (χ4n) is 1.94. The predicted molar refractivity (Wildman–Crippen MR) is 85.7 cm³/mol. The van der Waals surface area contributed by atoms with Crippen LogP contribution in [0, 0.1) is 5.92 Å². The third-order valence-electron chi connectivity index (χ3n) is 2.58. The molecule has 0 aromatic carbocycles. The van der Waals surface area contributed by atoms with Crippen LogP contribution >= 0.6 is 0 Å². The molecule has 0 heterocycles. The molecule has 0 unspecified atom stereocenters. The fourth-order valence-corrected chi connectivity index (χ4v) is 5.61. The van der Waals surface area contributed by atoms with Crippen molar-refractivity contribution in [2.45, 2.75) is 85.8 Å². The minimum atomic E-state index is -2.93. The van der Waals surface area contributed by atoms with Crippen LogP contribution in [-0.4, -0.2) is 32.8 Å². The van der Waals surface area contributed by atoms with Gasteiger partial charge in [0.15, 0.2) is 5.72 Å². The molecule has 21 heavy (non-hydrogen) atoms. The molecule has 0 aliphatic carbocycles. The summed E-state index contributed by atoms with van der Waals surface area (Å²) in [6.07, 6.45) is 2.47. The summed E-state index contributed by atoms with van der Waals surface area (Å²) in [6.45, 7) is 15.6. The molecule has 0 saturated heterocycles. The van der Waals surface area contributed by atoms with Crippen LogP contribution in [-0.2, 0) is 18.1 Å². The van der Waals surface area contributed by atoms with Gasteiger partial charge in [-0.25, -0.2) is 4.79 Å². The van der Waals surface area contributed by atoms with Gasteiger partial charge < -0.3 is 13.3 Å². The Kier molecular flexibility index (Phi) is 8.59. The molecule has 0 spiro atoms. The number of aliphatic imine (C=N–C) groups is 1. The Bertz CT molecular complexity index is 340. The SMILES string of the molecule is CC(C)CC[Si](OC(C)C)(OC(C)C)OC(C)(C)N=C=O. The molecule has 0 radical (unpaired) electrons. The van der Waals surface area contributed by atoms with E-state index in [9.17, 15) is 4.79 Å². The Labute approximate surface area is 130 Å². The molecule has 5 nitrogen and oxygen atoms in total. The summed E-state index contributed by atoms with van der Waals surface area (Å²) < 4.78 is 18.3. The van der Waals surface area contributed by atoms with Gasteiger partial charge in [-0.1, -0.05) is 13.8 Å². The zero-order valence-corrected chi connectivity index (χ0v) is 15.7. The average Bonchev–Trinajstić information content (AvgIpc) is 2.23. The van der Waals surface area contributed by atoms with Crippen molar-refractivity contribution < 1.29 is 18.1 Å². The van der Waals surface area contributed by atoms with Crippen LogP contribution in [0.5, 0.6) is 0 Å². The lowest BCUT2D eigenvalue weighted by Crippen LogP contribution is -2.53. The van der Waals surface area contributed by atoms with E-state index in [0.29, 0.717) is 12.0 Å². The molecular weight excluding hydrogens is 286 g/mol. The van der Waals surface area contributed by atoms with E-state index in [-0.39, 0.29) is 12.2 Å². The van der Waals surface area contributed by atoms with E-state index in [4.69, 9.17) is 13.3 Å². The lowest BCUT2D eigenvalue weighted by Gasteiger charge is -2.37. The first-order valence-electron chi connectivity index (χ1n) is 7.67. The van der Waals surface area contributed by atoms with Crippen LogP contribution in [0.4, 0.5) is 0 Å². The van der Waals surface area contributed by atoms with Crippen molar-refractivity contribution in [3.05, 3.63) is 0 Å². The van der Waals surface area contributed by atoms with Gasteiger partial charge in [0.05, 0.1) is 0 Å². The molecule has 6 heteroatoms. The van der Waals surface area contributed by atoms with Gasteiger partial charge in [0.1, 0.15) is 0 Å². The third kappa shape index (κ3) is 9.17. The molecule has 0 aliphatic heterocycles. The Balaban J connectivity index is 5.36. The van der Waals surface area contributed by atoms with E-state index in [1.807, 2.05) is 27.7 Å². The van der Waals surface area contributed by atoms with E-state index in [1.54, 1.807) is 19.9 Å². The maximum atomic E-state index is 10.6. The average molecular weight is 318 g/mol. The maximum absolute atomic E-state index is 10.6. The standard InChI is InChI=1S/C15H31NO4Si/c1-12(2)9-10-21(18-13(3)4,19-14(5)6)20-15(7,8)16-11-17/h12-14H,9-10H2,1-8H3. The van der Waals surface area contributed by atoms with Crippen LogP contribution < -0.4 is 0 Å². The normalized spacial score (nSPS) is 13.1. The van der Waals surface area contributed by atoms with Crippen LogP contribution in [0.2, 0.25) is 6.04 Å². The second kappa shape index (κ2) is 8.81. The number of isocyanates is 1. The largest absolute Gasteiger partial charge is 0.503 e. The van der Waals surface area contributed by atoms with Crippen molar-refractivity contribution in [2.75, 3.05) is 0 Å². The van der Waals surface area contributed by atoms with Crippen molar-refractivity contribution in [3.8, 4) is 0 Å². The first-order valence-corrected chi connectivity index (χ1v) is 9.60. The molecule has 0 aromatic rings. The van der Waals surface area contributed by atoms with Gasteiger partial charge in [-0.05, 0) is 53.9 Å². The first kappa shape index (κ1) is 20.5. The van der Waals surface area contributed by atoms with Crippen molar-refractivity contribution in [1.29, 1.82) is 0 Å². The topological polar surface area (TPSA) is 57.1 Å². The Morgan fingerprint density at radius 2 is 1.52 bits per heavy atom. The van der Waals surface area contributed by atoms with E-state index in [2.05, 4.69) is 18.8 Å². The number of hydrogen-bond donors (Lipinski definition) is 0. The number of carbonyl (C=O) groups excluding carboxylic acids is 1. The van der Waals surface area contributed by atoms with Gasteiger partial charge >= 0.3 is 8.80 Å². The van der Waals surface area contributed by atoms with E-state index in [1.165, 1.54) is 0 Å². The Hall–Kier alpha value is -0.523. The Morgan fingerprint density at radius 1 is 1.05 bits per heavy atom. The first-order chi connectivity index (χ1) is 9.52. The molecule has 0 atom stereocenters. The summed E-state index contributed by atoms with van der Waals surface area (Å²) in [4.78, 5) is 14.3. The molecule has 0 amide bonds. The predicted octanol–water partition coefficient (Wildman–Crippen LogP) is 3.91. The highest BCUT2D eigenvalue weighted by Gasteiger charge is 2.47. The van der Waals surface area contributed by atoms with Crippen LogP contribution in [0.25, 0.3) is 0 Å². The summed E-state index contributed by atoms with van der Waals surface area (Å²) in [5.41, 5.74) is -0.991. The van der Waals surface area contributed by atoms with Gasteiger partial charge in [-0.15, -0.1) is 0 Å². The molecular formula is C15H31NO4Si. The summed E-state index contributed by atoms with van der Waals surface area (Å²) in [6, 6.07) is 0.707. The van der Waals surface area contributed by atoms with Gasteiger partial charge in [-0.3, -0.25) is 0 Å². The highest BCUT2D eigenvalue weighted by Crippen LogP contribution is 2.29. The molecule has 0 saturated carbocycles. The molecule has 124 valence electrons. The lowest BCUT2D eigenvalue weighted by atomic mass is 10.2. The van der Waals surface area contributed by atoms with Crippen molar-refractivity contribution >= 4 is 14.9 Å². The van der Waals surface area contributed by atoms with Gasteiger partial charge in [0.25, 0.3) is 0 Å². The summed E-state index contributed by atoms with van der Waals surface area (Å²) in [5, 5.41) is 0. The van der Waals surface area contributed by atoms with Crippen LogP contribution in [0.15, 0.2) is 4.99 Å². The zero-order chi connectivity index (χ0) is 16.7. The summed E-state index contributed by atoms with van der Waals surface area (Å²) >= 11 is 0. The second-order valence-corrected chi connectivity index (χ2v) is 9.24. The highest BCUT2D eigenvalue weighted by atomic mass is 28.4. The van der Waals surface area contributed by atoms with Crippen LogP contribution in [0.1, 0.15) is 61.8 Å². The lowest BCUT2D eigenvalue weighted by molar-refractivity contribution is -0.0341. The van der Waals surface area contributed by atoms with E-state index >= 15 is 0 Å². The van der Waals surface area contributed by atoms with Gasteiger partial charge in [0, 0.05) is 18.3 Å². The smallest absolute Gasteiger partial charge is 0.371 e. The fraction of sp³-hybridized carbons (Fsp3) is 0.933. The van der Waals surface area contributed by atoms with E-state index < -0.39 is 14.5 Å². The minimum absolute atomic E-state index is 0.0152. The number of rotatable bonds is 10. The molecule has 0 N–H and O–H groups in total. The van der Waals surface area contributed by atoms with Gasteiger partial charge in [0.2, 0.25) is 6.08 Å². The van der Waals surface area contributed by atoms with Crippen molar-refractivity contribution in [1.82, 2.24) is 0 Å². The molecule has 0 bridgehead atoms. The summed E-state index contributed by atoms with van der Waals surface area (Å²) in [7, 11) is -2.93. The molecule has 0 fully saturated rings. The third-order valence-corrected chi connectivity index (χ3v) is 5.95. The van der Waals surface area contributed by atoms with Crippen molar-refractivity contribution in [2.24, 2.45) is 10.9 Å². The van der Waals surface area contributed by atoms with Crippen molar-refractivity contribution in [3.63, 3.8) is 0 Å². The highest BCUT2D eigenvalue weighted by molar-refractivity contribution is 6.61. The van der Waals surface area contributed by atoms with E-state index in [0.717, 1.165) is 6.42 Å². The summed E-state index contributed by atoms with van der Waals surface area (Å²) in [5.74, 6) is 0.518. The van der Waals surface area contributed by atoms with Crippen LogP contribution in [0.3, 0.4) is 0 Å².